The fourth-order valence-corrected chi connectivity index (χ4v) is 1.83. The van der Waals surface area contributed by atoms with E-state index in [1.54, 1.807) is 13.8 Å². The number of benzene rings is 1. The number of hydrogen-bond donors (Lipinski definition) is 1. The number of aryl methyl sites for hydroxylation is 1. The van der Waals surface area contributed by atoms with Crippen molar-refractivity contribution in [2.45, 2.75) is 13.8 Å². The fraction of sp³-hybridized carbons (Fsp3) is 0.231. The maximum absolute atomic E-state index is 13.6. The van der Waals surface area contributed by atoms with Gasteiger partial charge in [-0.3, -0.25) is 0 Å². The van der Waals surface area contributed by atoms with E-state index in [0.717, 1.165) is 0 Å². The molecule has 1 heterocycles. The van der Waals surface area contributed by atoms with Crippen LogP contribution in [0.2, 0.25) is 0 Å². The lowest BCUT2D eigenvalue weighted by molar-refractivity contribution is 0.0696. The van der Waals surface area contributed by atoms with Crippen LogP contribution >= 0.6 is 0 Å². The Hall–Kier alpha value is -2.17. The Morgan fingerprint density at radius 3 is 2.56 bits per heavy atom. The Bertz CT molecular complexity index is 652. The largest absolute Gasteiger partial charge is 0.494 e. The van der Waals surface area contributed by atoms with Crippen molar-refractivity contribution < 1.29 is 19.0 Å². The lowest BCUT2D eigenvalue weighted by Gasteiger charge is -2.11. The van der Waals surface area contributed by atoms with Crippen LogP contribution in [0.5, 0.6) is 5.75 Å². The Morgan fingerprint density at radius 1 is 1.33 bits per heavy atom. The minimum absolute atomic E-state index is 0.0928. The normalized spacial score (nSPS) is 10.7. The van der Waals surface area contributed by atoms with Crippen LogP contribution in [0.4, 0.5) is 4.39 Å². The number of carbonyl (C=O) groups is 1. The number of pyridine rings is 1. The van der Waals surface area contributed by atoms with E-state index in [1.165, 1.54) is 19.2 Å². The molecule has 2 rings (SSSR count). The third-order valence-corrected chi connectivity index (χ3v) is 3.03. The summed E-state index contributed by atoms with van der Waals surface area (Å²) in [5, 5.41) is 9.62. The molecule has 0 radical (unpaired) electrons. The minimum Gasteiger partial charge on any atom is -0.494 e. The Kier molecular flexibility index (Phi) is 2.90. The molecule has 1 N–H and O–H groups in total. The molecule has 0 aliphatic rings. The summed E-state index contributed by atoms with van der Waals surface area (Å²) in [4.78, 5) is 14.8. The van der Waals surface area contributed by atoms with Gasteiger partial charge in [-0.2, -0.15) is 4.39 Å². The van der Waals surface area contributed by atoms with Crippen LogP contribution in [0.3, 0.4) is 0 Å². The highest BCUT2D eigenvalue weighted by atomic mass is 19.1. The van der Waals surface area contributed by atoms with Crippen molar-refractivity contribution in [1.82, 2.24) is 4.98 Å². The van der Waals surface area contributed by atoms with Gasteiger partial charge in [-0.25, -0.2) is 9.78 Å². The fourth-order valence-electron chi connectivity index (χ4n) is 1.83. The Morgan fingerprint density at radius 2 is 2.00 bits per heavy atom. The second-order valence-electron chi connectivity index (χ2n) is 4.03. The molecule has 0 saturated heterocycles. The second kappa shape index (κ2) is 4.25. The van der Waals surface area contributed by atoms with Gasteiger partial charge in [0, 0.05) is 10.9 Å². The van der Waals surface area contributed by atoms with Crippen molar-refractivity contribution >= 4 is 16.9 Å². The molecule has 94 valence electrons. The zero-order valence-corrected chi connectivity index (χ0v) is 10.2. The molecule has 0 fully saturated rings. The monoisotopic (exact) mass is 249 g/mol. The van der Waals surface area contributed by atoms with Gasteiger partial charge in [-0.15, -0.1) is 0 Å². The van der Waals surface area contributed by atoms with Gasteiger partial charge in [-0.1, -0.05) is 0 Å². The smallest absolute Gasteiger partial charge is 0.335 e. The average Bonchev–Trinajstić information content (AvgIpc) is 2.35. The van der Waals surface area contributed by atoms with Crippen LogP contribution in [0, 0.1) is 19.8 Å². The van der Waals surface area contributed by atoms with E-state index >= 15 is 0 Å². The molecule has 0 bridgehead atoms. The molecule has 4 nitrogen and oxygen atoms in total. The summed E-state index contributed by atoms with van der Waals surface area (Å²) in [7, 11) is 1.40. The molecule has 0 spiro atoms. The van der Waals surface area contributed by atoms with Crippen molar-refractivity contribution in [3.05, 3.63) is 34.8 Å². The number of carboxylic acids is 1. The van der Waals surface area contributed by atoms with Crippen LogP contribution in [-0.2, 0) is 0 Å². The lowest BCUT2D eigenvalue weighted by Crippen LogP contribution is -2.02. The highest BCUT2D eigenvalue weighted by molar-refractivity contribution is 5.97. The third-order valence-electron chi connectivity index (χ3n) is 3.03. The number of carboxylic acid groups (broad SMARTS) is 1. The third kappa shape index (κ3) is 1.77. The maximum atomic E-state index is 13.6. The van der Waals surface area contributed by atoms with Crippen LogP contribution in [0.15, 0.2) is 12.1 Å². The summed E-state index contributed by atoms with van der Waals surface area (Å²) in [5.74, 6) is -1.37. The molecular formula is C13H12FNO3. The number of fused-ring (bicyclic) bond motifs is 1. The Labute approximate surface area is 103 Å². The van der Waals surface area contributed by atoms with Crippen molar-refractivity contribution in [2.24, 2.45) is 0 Å². The molecule has 0 atom stereocenters. The van der Waals surface area contributed by atoms with Crippen LogP contribution in [0.1, 0.15) is 21.5 Å². The van der Waals surface area contributed by atoms with Crippen molar-refractivity contribution in [3.8, 4) is 5.75 Å². The number of halogens is 1. The van der Waals surface area contributed by atoms with Gasteiger partial charge in [0.2, 0.25) is 5.95 Å². The van der Waals surface area contributed by atoms with E-state index in [0.29, 0.717) is 22.0 Å². The average molecular weight is 249 g/mol. The first-order chi connectivity index (χ1) is 8.45. The zero-order valence-electron chi connectivity index (χ0n) is 10.2. The van der Waals surface area contributed by atoms with Gasteiger partial charge in [0.15, 0.2) is 0 Å². The summed E-state index contributed by atoms with van der Waals surface area (Å²) in [5.41, 5.74) is 1.50. The van der Waals surface area contributed by atoms with Crippen LogP contribution < -0.4 is 4.74 Å². The lowest BCUT2D eigenvalue weighted by atomic mass is 10.0. The number of nitrogens with zero attached hydrogens (tertiary/aromatic N) is 1. The quantitative estimate of drug-likeness (QED) is 0.831. The first-order valence-corrected chi connectivity index (χ1v) is 5.33. The molecule has 0 amide bonds. The maximum Gasteiger partial charge on any atom is 0.335 e. The molecular weight excluding hydrogens is 237 g/mol. The van der Waals surface area contributed by atoms with Gasteiger partial charge in [-0.05, 0) is 31.5 Å². The summed E-state index contributed by atoms with van der Waals surface area (Å²) in [6, 6.07) is 2.82. The molecule has 5 heteroatoms. The molecule has 0 aliphatic carbocycles. The molecule has 1 aromatic heterocycles. The molecule has 18 heavy (non-hydrogen) atoms. The van der Waals surface area contributed by atoms with E-state index in [1.807, 2.05) is 0 Å². The van der Waals surface area contributed by atoms with E-state index in [4.69, 9.17) is 9.84 Å². The molecule has 0 aliphatic heterocycles. The first-order valence-electron chi connectivity index (χ1n) is 5.33. The van der Waals surface area contributed by atoms with Gasteiger partial charge in [0.05, 0.1) is 12.7 Å². The van der Waals surface area contributed by atoms with E-state index in [2.05, 4.69) is 4.98 Å². The molecule has 1 aromatic carbocycles. The molecule has 2 aromatic rings. The van der Waals surface area contributed by atoms with Crippen LogP contribution in [-0.4, -0.2) is 23.2 Å². The van der Waals surface area contributed by atoms with Gasteiger partial charge in [0.1, 0.15) is 11.3 Å². The number of hydrogen-bond acceptors (Lipinski definition) is 3. The summed E-state index contributed by atoms with van der Waals surface area (Å²) < 4.78 is 18.7. The number of rotatable bonds is 2. The van der Waals surface area contributed by atoms with Crippen molar-refractivity contribution in [3.63, 3.8) is 0 Å². The minimum atomic E-state index is -1.06. The van der Waals surface area contributed by atoms with Gasteiger partial charge >= 0.3 is 5.97 Å². The summed E-state index contributed by atoms with van der Waals surface area (Å²) in [6.07, 6.45) is 0. The van der Waals surface area contributed by atoms with Crippen molar-refractivity contribution in [2.75, 3.05) is 7.11 Å². The van der Waals surface area contributed by atoms with Gasteiger partial charge in [0.25, 0.3) is 0 Å². The van der Waals surface area contributed by atoms with E-state index < -0.39 is 11.9 Å². The first kappa shape index (κ1) is 12.3. The van der Waals surface area contributed by atoms with Crippen molar-refractivity contribution in [1.29, 1.82) is 0 Å². The SMILES string of the molecule is COc1cc(C(=O)O)cc2c(C)c(C)c(F)nc12. The van der Waals surface area contributed by atoms with E-state index in [9.17, 15) is 9.18 Å². The standard InChI is InChI=1S/C13H12FNO3/c1-6-7(2)12(14)15-11-9(6)4-8(13(16)17)5-10(11)18-3/h4-5H,1-3H3,(H,16,17). The zero-order chi connectivity index (χ0) is 13.4. The second-order valence-corrected chi connectivity index (χ2v) is 4.03. The van der Waals surface area contributed by atoms with Gasteiger partial charge < -0.3 is 9.84 Å². The highest BCUT2D eigenvalue weighted by Crippen LogP contribution is 2.30. The number of ether oxygens (including phenoxy) is 1. The summed E-state index contributed by atoms with van der Waals surface area (Å²) in [6.45, 7) is 3.34. The number of aromatic carboxylic acids is 1. The van der Waals surface area contributed by atoms with Crippen LogP contribution in [0.25, 0.3) is 10.9 Å². The number of methoxy groups -OCH3 is 1. The topological polar surface area (TPSA) is 59.4 Å². The Balaban J connectivity index is 2.92. The summed E-state index contributed by atoms with van der Waals surface area (Å²) >= 11 is 0. The molecule has 0 saturated carbocycles. The molecule has 0 unspecified atom stereocenters. The number of aromatic nitrogens is 1. The van der Waals surface area contributed by atoms with E-state index in [-0.39, 0.29) is 11.3 Å². The predicted octanol–water partition coefficient (Wildman–Crippen LogP) is 2.70. The highest BCUT2D eigenvalue weighted by Gasteiger charge is 2.15. The predicted molar refractivity (Wildman–Crippen MR) is 64.7 cm³/mol.